The van der Waals surface area contributed by atoms with E-state index < -0.39 is 89.4 Å². The van der Waals surface area contributed by atoms with E-state index in [4.69, 9.17) is 24.7 Å². The second-order valence-electron chi connectivity index (χ2n) is 3.95. The average molecular weight is 359 g/mol. The minimum Gasteiger partial charge on any atom is -0.478 e. The van der Waals surface area contributed by atoms with E-state index in [1.165, 1.54) is 12.1 Å². The van der Waals surface area contributed by atoms with Crippen LogP contribution in [0.5, 0.6) is 0 Å². The van der Waals surface area contributed by atoms with Gasteiger partial charge in [-0.1, -0.05) is 69.7 Å². The van der Waals surface area contributed by atoms with E-state index in [1.807, 2.05) is 0 Å². The van der Waals surface area contributed by atoms with Crippen LogP contribution < -0.4 is 0 Å². The quantitative estimate of drug-likeness (QED) is 0.599. The summed E-state index contributed by atoms with van der Waals surface area (Å²) in [6, 6.07) is 4.25. The summed E-state index contributed by atoms with van der Waals surface area (Å²) in [5.41, 5.74) is -5.65. The first-order valence-electron chi connectivity index (χ1n) is 15.2. The van der Waals surface area contributed by atoms with Gasteiger partial charge in [-0.05, 0) is 18.0 Å². The third kappa shape index (κ3) is 8.16. The predicted octanol–water partition coefficient (Wildman–Crippen LogP) is 4.44. The van der Waals surface area contributed by atoms with E-state index in [9.17, 15) is 18.3 Å². The van der Waals surface area contributed by atoms with Crippen LogP contribution in [0.25, 0.3) is 0 Å². The van der Waals surface area contributed by atoms with Gasteiger partial charge in [0.05, 0.1) is 17.0 Å². The lowest BCUT2D eigenvalue weighted by Gasteiger charge is -2.07. The van der Waals surface area contributed by atoms with E-state index in [0.717, 1.165) is 12.1 Å². The van der Waals surface area contributed by atoms with E-state index >= 15 is 0 Å². The van der Waals surface area contributed by atoms with Crippen molar-refractivity contribution in [3.05, 3.63) is 35.4 Å². The van der Waals surface area contributed by atoms with Crippen LogP contribution in [0.4, 0.5) is 0 Å². The van der Waals surface area contributed by atoms with Gasteiger partial charge in [0.2, 0.25) is 0 Å². The maximum Gasteiger partial charge on any atom is 0.335 e. The van der Waals surface area contributed by atoms with Crippen molar-refractivity contribution in [2.24, 2.45) is 0 Å². The Hall–Kier alpha value is -1.36. The molecule has 0 atom stereocenters. The highest BCUT2D eigenvalue weighted by Gasteiger charge is 2.16. The number of hydrogen-bond acceptors (Lipinski definition) is 3. The highest BCUT2D eigenvalue weighted by molar-refractivity contribution is 7.90. The molecule has 0 saturated heterocycles. The molecule has 5 heteroatoms. The third-order valence-electron chi connectivity index (χ3n) is 2.30. The van der Waals surface area contributed by atoms with Gasteiger partial charge < -0.3 is 5.11 Å². The van der Waals surface area contributed by atoms with Crippen LogP contribution in [0.15, 0.2) is 24.3 Å². The maximum absolute atomic E-state index is 13.0. The molecule has 0 aromatic heterocycles. The monoisotopic (exact) mass is 358 g/mol. The fourth-order valence-electron chi connectivity index (χ4n) is 1.42. The van der Waals surface area contributed by atoms with E-state index in [-0.39, 0.29) is 0 Å². The number of carboxylic acids is 1. The summed E-state index contributed by atoms with van der Waals surface area (Å²) >= 11 is 0. The Morgan fingerprint density at radius 2 is 1.61 bits per heavy atom. The molecule has 1 aromatic rings. The Morgan fingerprint density at radius 1 is 1.04 bits per heavy atom. The minimum atomic E-state index is -5.63. The molecule has 0 heterocycles. The molecule has 0 aliphatic heterocycles. The molecule has 1 aromatic carbocycles. The maximum atomic E-state index is 13.0. The molecule has 0 unspecified atom stereocenters. The zero-order valence-corrected chi connectivity index (χ0v) is 12.9. The molecule has 0 aliphatic carbocycles. The summed E-state index contributed by atoms with van der Waals surface area (Å²) in [7, 11) is -5.63. The number of sulfone groups is 1. The molecule has 0 saturated carbocycles. The summed E-state index contributed by atoms with van der Waals surface area (Å²) in [5, 5.41) is 9.27. The van der Waals surface area contributed by atoms with E-state index in [2.05, 4.69) is 0 Å². The molecule has 1 rings (SSSR count). The lowest BCUT2D eigenvalue weighted by atomic mass is 10.1. The predicted molar refractivity (Wildman–Crippen MR) is 93.5 cm³/mol. The Labute approximate surface area is 165 Å². The van der Waals surface area contributed by atoms with Gasteiger partial charge >= 0.3 is 5.97 Å². The highest BCUT2D eigenvalue weighted by Crippen LogP contribution is 2.15. The zero-order chi connectivity index (χ0) is 33.3. The zero-order valence-electron chi connectivity index (χ0n) is 30.1. The number of aromatic carboxylic acids is 1. The molecule has 130 valence electrons. The molecular weight excluding hydrogens is 312 g/mol. The van der Waals surface area contributed by atoms with Gasteiger partial charge in [0.1, 0.15) is 0 Å². The molecular formula is C18H28O4S. The highest BCUT2D eigenvalue weighted by atomic mass is 32.2. The van der Waals surface area contributed by atoms with Gasteiger partial charge in [-0.2, -0.15) is 0 Å². The Bertz CT molecular complexity index is 1270. The van der Waals surface area contributed by atoms with Crippen molar-refractivity contribution in [2.45, 2.75) is 63.7 Å². The summed E-state index contributed by atoms with van der Waals surface area (Å²) in [5.74, 6) is -3.18. The summed E-state index contributed by atoms with van der Waals surface area (Å²) in [4.78, 5) is 11.4. The standard InChI is InChI=1S/C18H28O4S/c1-2-3-4-5-6-7-8-11-14-23(21,22)15-16-12-9-10-13-17(16)18(19)20/h9-10,12-13H,2-8,11,14-15H2,1H3,(H,19,20)/i2D2,3D2,4D2,5D2,6D2,7D2,8D2,11D2,14D2. The molecule has 0 fully saturated rings. The molecule has 0 aliphatic rings. The third-order valence-corrected chi connectivity index (χ3v) is 3.40. The van der Waals surface area contributed by atoms with Gasteiger partial charge in [-0.25, -0.2) is 13.2 Å². The van der Waals surface area contributed by atoms with Crippen molar-refractivity contribution in [1.82, 2.24) is 0 Å². The number of carbonyl (C=O) groups is 1. The van der Waals surface area contributed by atoms with Crippen LogP contribution in [-0.4, -0.2) is 25.2 Å². The van der Waals surface area contributed by atoms with Crippen molar-refractivity contribution in [3.63, 3.8) is 0 Å². The van der Waals surface area contributed by atoms with Gasteiger partial charge in [0.15, 0.2) is 9.84 Å². The van der Waals surface area contributed by atoms with Crippen molar-refractivity contribution in [2.75, 3.05) is 5.70 Å². The minimum absolute atomic E-state index is 0.477. The Balaban J connectivity index is 3.80. The van der Waals surface area contributed by atoms with Crippen LogP contribution in [0.1, 0.15) is 98.5 Å². The van der Waals surface area contributed by atoms with Gasteiger partial charge in [-0.15, -0.1) is 0 Å². The van der Waals surface area contributed by atoms with Crippen LogP contribution >= 0.6 is 0 Å². The number of hydrogen-bond donors (Lipinski definition) is 1. The second kappa shape index (κ2) is 10.4. The van der Waals surface area contributed by atoms with Crippen molar-refractivity contribution < 1.29 is 43.0 Å². The van der Waals surface area contributed by atoms with Crippen molar-refractivity contribution in [3.8, 4) is 0 Å². The first kappa shape index (κ1) is 5.87. The molecule has 23 heavy (non-hydrogen) atoms. The SMILES string of the molecule is [2H]C([2H])(C)C([2H])([2H])C([2H])([2H])C([2H])([2H])C([2H])([2H])C([2H])([2H])C([2H])([2H])C([2H])([2H])C([2H])([2H])S(=O)(=O)Cc1ccccc1C(=O)O. The summed E-state index contributed by atoms with van der Waals surface area (Å²) < 4.78 is 169. The lowest BCUT2D eigenvalue weighted by molar-refractivity contribution is 0.0696. The molecule has 4 nitrogen and oxygen atoms in total. The largest absolute Gasteiger partial charge is 0.478 e. The van der Waals surface area contributed by atoms with Crippen molar-refractivity contribution >= 4 is 15.8 Å². The lowest BCUT2D eigenvalue weighted by Crippen LogP contribution is -2.12. The molecule has 0 bridgehead atoms. The fraction of sp³-hybridized carbons (Fsp3) is 0.611. The first-order chi connectivity index (χ1) is 17.6. The van der Waals surface area contributed by atoms with Crippen molar-refractivity contribution in [1.29, 1.82) is 0 Å². The topological polar surface area (TPSA) is 71.4 Å². The van der Waals surface area contributed by atoms with Gasteiger partial charge in [0, 0.05) is 24.7 Å². The normalized spacial score (nSPS) is 28.7. The average Bonchev–Trinajstić information content (AvgIpc) is 2.77. The summed E-state index contributed by atoms with van der Waals surface area (Å²) in [6.45, 7) is 0.477. The number of rotatable bonds is 12. The second-order valence-corrected chi connectivity index (χ2v) is 5.67. The molecule has 0 amide bonds. The van der Waals surface area contributed by atoms with Gasteiger partial charge in [0.25, 0.3) is 0 Å². The van der Waals surface area contributed by atoms with Crippen LogP contribution in [0.2, 0.25) is 0 Å². The van der Waals surface area contributed by atoms with E-state index in [1.54, 1.807) is 0 Å². The summed E-state index contributed by atoms with van der Waals surface area (Å²) in [6.07, 6.45) is -34.5. The number of benzene rings is 1. The Kier molecular flexibility index (Phi) is 2.66. The molecule has 0 spiro atoms. The Morgan fingerprint density at radius 3 is 2.22 bits per heavy atom. The first-order valence-corrected chi connectivity index (χ1v) is 7.84. The fourth-order valence-corrected chi connectivity index (χ4v) is 2.36. The number of carboxylic acid groups (broad SMARTS) is 1. The smallest absolute Gasteiger partial charge is 0.335 e. The molecule has 0 radical (unpaired) electrons. The molecule has 1 N–H and O–H groups in total. The van der Waals surface area contributed by atoms with Crippen LogP contribution in [-0.2, 0) is 15.6 Å². The van der Waals surface area contributed by atoms with Crippen LogP contribution in [0, 0.1) is 0 Å². The van der Waals surface area contributed by atoms with Gasteiger partial charge in [-0.3, -0.25) is 0 Å². The van der Waals surface area contributed by atoms with E-state index in [0.29, 0.717) is 6.92 Å². The van der Waals surface area contributed by atoms with Crippen LogP contribution in [0.3, 0.4) is 0 Å².